The highest BCUT2D eigenvalue weighted by Gasteiger charge is 2.18. The van der Waals surface area contributed by atoms with E-state index in [2.05, 4.69) is 57.8 Å². The van der Waals surface area contributed by atoms with E-state index in [0.717, 1.165) is 28.7 Å². The SMILES string of the molecule is C=CCn1c(SCC(=O)Nc2ccc3c(c2)c2ccccc2n3CC)nnc1-c1ccccc1OC. The molecule has 7 nitrogen and oxygen atoms in total. The Balaban J connectivity index is 1.35. The predicted molar refractivity (Wildman–Crippen MR) is 147 cm³/mol. The van der Waals surface area contributed by atoms with Gasteiger partial charge in [-0.25, -0.2) is 0 Å². The fraction of sp³-hybridized carbons (Fsp3) is 0.179. The average molecular weight is 498 g/mol. The van der Waals surface area contributed by atoms with Crippen LogP contribution in [0.5, 0.6) is 5.75 Å². The monoisotopic (exact) mass is 497 g/mol. The molecule has 3 aromatic carbocycles. The standard InChI is InChI=1S/C28H27N5O2S/c1-4-16-33-27(21-11-7-9-13-25(21)35-3)30-31-28(33)36-18-26(34)29-19-14-15-24-22(17-19)20-10-6-8-12-23(20)32(24)5-2/h4,6-15,17H,1,5,16,18H2,2-3H3,(H,29,34). The van der Waals surface area contributed by atoms with Gasteiger partial charge in [-0.15, -0.1) is 16.8 Å². The number of ether oxygens (including phenoxy) is 1. The summed E-state index contributed by atoms with van der Waals surface area (Å²) < 4.78 is 9.72. The molecule has 5 rings (SSSR count). The number of anilines is 1. The smallest absolute Gasteiger partial charge is 0.234 e. The van der Waals surface area contributed by atoms with Crippen molar-refractivity contribution >= 4 is 45.2 Å². The summed E-state index contributed by atoms with van der Waals surface area (Å²) in [6.07, 6.45) is 1.79. The van der Waals surface area contributed by atoms with Gasteiger partial charge < -0.3 is 14.6 Å². The maximum Gasteiger partial charge on any atom is 0.234 e. The lowest BCUT2D eigenvalue weighted by Gasteiger charge is -2.11. The number of hydrogen-bond donors (Lipinski definition) is 1. The van der Waals surface area contributed by atoms with Crippen molar-refractivity contribution in [1.82, 2.24) is 19.3 Å². The lowest BCUT2D eigenvalue weighted by molar-refractivity contribution is -0.113. The molecule has 1 amide bonds. The summed E-state index contributed by atoms with van der Waals surface area (Å²) in [6, 6.07) is 22.1. The predicted octanol–water partition coefficient (Wildman–Crippen LogP) is 6.00. The second-order valence-corrected chi connectivity index (χ2v) is 9.18. The van der Waals surface area contributed by atoms with Gasteiger partial charge in [-0.2, -0.15) is 0 Å². The Kier molecular flexibility index (Phi) is 6.77. The van der Waals surface area contributed by atoms with Gasteiger partial charge in [0.2, 0.25) is 5.91 Å². The zero-order valence-corrected chi connectivity index (χ0v) is 21.1. The topological polar surface area (TPSA) is 74.0 Å². The van der Waals surface area contributed by atoms with Crippen LogP contribution in [0.4, 0.5) is 5.69 Å². The van der Waals surface area contributed by atoms with E-state index in [-0.39, 0.29) is 11.7 Å². The summed E-state index contributed by atoms with van der Waals surface area (Å²) in [5.41, 5.74) is 3.97. The van der Waals surface area contributed by atoms with Crippen LogP contribution in [0.15, 0.2) is 84.5 Å². The van der Waals surface area contributed by atoms with Crippen LogP contribution in [0.3, 0.4) is 0 Å². The van der Waals surface area contributed by atoms with E-state index >= 15 is 0 Å². The number of nitrogens with zero attached hydrogens (tertiary/aromatic N) is 4. The van der Waals surface area contributed by atoms with Gasteiger partial charge >= 0.3 is 0 Å². The molecular formula is C28H27N5O2S. The van der Waals surface area contributed by atoms with Crippen LogP contribution in [0, 0.1) is 0 Å². The van der Waals surface area contributed by atoms with Crippen LogP contribution in [-0.2, 0) is 17.9 Å². The Hall–Kier alpha value is -4.04. The molecule has 0 aliphatic carbocycles. The van der Waals surface area contributed by atoms with Crippen LogP contribution in [0.2, 0.25) is 0 Å². The number of carbonyl (C=O) groups is 1. The molecule has 2 heterocycles. The maximum absolute atomic E-state index is 12.9. The summed E-state index contributed by atoms with van der Waals surface area (Å²) in [6.45, 7) is 7.40. The molecule has 8 heteroatoms. The first-order valence-electron chi connectivity index (χ1n) is 11.8. The normalized spacial score (nSPS) is 11.2. The molecule has 5 aromatic rings. The van der Waals surface area contributed by atoms with Gasteiger partial charge in [-0.3, -0.25) is 9.36 Å². The van der Waals surface area contributed by atoms with Crippen molar-refractivity contribution in [2.75, 3.05) is 18.2 Å². The van der Waals surface area contributed by atoms with Crippen molar-refractivity contribution in [2.45, 2.75) is 25.2 Å². The second kappa shape index (κ2) is 10.3. The van der Waals surface area contributed by atoms with Crippen molar-refractivity contribution in [3.63, 3.8) is 0 Å². The number of fused-ring (bicyclic) bond motifs is 3. The Morgan fingerprint density at radius 3 is 2.61 bits per heavy atom. The first-order valence-corrected chi connectivity index (χ1v) is 12.7. The number of nitrogens with one attached hydrogen (secondary N) is 1. The number of amides is 1. The van der Waals surface area contributed by atoms with E-state index in [0.29, 0.717) is 23.3 Å². The van der Waals surface area contributed by atoms with Crippen LogP contribution in [0.1, 0.15) is 6.92 Å². The van der Waals surface area contributed by atoms with Crippen LogP contribution >= 0.6 is 11.8 Å². The summed E-state index contributed by atoms with van der Waals surface area (Å²) in [7, 11) is 1.63. The van der Waals surface area contributed by atoms with Crippen LogP contribution in [0.25, 0.3) is 33.2 Å². The number of allylic oxidation sites excluding steroid dienone is 1. The van der Waals surface area contributed by atoms with Crippen molar-refractivity contribution in [3.8, 4) is 17.1 Å². The Labute approximate surface area is 213 Å². The summed E-state index contributed by atoms with van der Waals surface area (Å²) in [5, 5.41) is 14.7. The minimum atomic E-state index is -0.106. The highest BCUT2D eigenvalue weighted by Crippen LogP contribution is 2.32. The Bertz CT molecular complexity index is 1570. The molecule has 0 aliphatic heterocycles. The molecule has 2 aromatic heterocycles. The van der Waals surface area contributed by atoms with Gasteiger partial charge in [0.05, 0.1) is 18.4 Å². The average Bonchev–Trinajstić information content (AvgIpc) is 3.45. The molecule has 36 heavy (non-hydrogen) atoms. The van der Waals surface area contributed by atoms with Gasteiger partial charge in [-0.1, -0.05) is 48.2 Å². The number of rotatable bonds is 9. The first kappa shape index (κ1) is 23.7. The fourth-order valence-electron chi connectivity index (χ4n) is 4.52. The zero-order valence-electron chi connectivity index (χ0n) is 20.3. The third kappa shape index (κ3) is 4.35. The molecular weight excluding hydrogens is 470 g/mol. The number of aryl methyl sites for hydroxylation is 1. The van der Waals surface area contributed by atoms with Gasteiger partial charge in [0.1, 0.15) is 5.75 Å². The van der Waals surface area contributed by atoms with Crippen LogP contribution in [-0.4, -0.2) is 38.1 Å². The lowest BCUT2D eigenvalue weighted by atomic mass is 10.1. The van der Waals surface area contributed by atoms with Gasteiger partial charge in [0.15, 0.2) is 11.0 Å². The van der Waals surface area contributed by atoms with Gasteiger partial charge in [0, 0.05) is 40.6 Å². The van der Waals surface area contributed by atoms with Crippen molar-refractivity contribution in [1.29, 1.82) is 0 Å². The first-order chi connectivity index (χ1) is 17.6. The minimum Gasteiger partial charge on any atom is -0.496 e. The molecule has 0 radical (unpaired) electrons. The summed E-state index contributed by atoms with van der Waals surface area (Å²) in [5.74, 6) is 1.48. The third-order valence-corrected chi connectivity index (χ3v) is 7.05. The molecule has 0 saturated carbocycles. The summed E-state index contributed by atoms with van der Waals surface area (Å²) >= 11 is 1.34. The van der Waals surface area contributed by atoms with E-state index in [1.807, 2.05) is 47.0 Å². The largest absolute Gasteiger partial charge is 0.496 e. The highest BCUT2D eigenvalue weighted by molar-refractivity contribution is 7.99. The van der Waals surface area contributed by atoms with Crippen molar-refractivity contribution in [3.05, 3.63) is 79.4 Å². The molecule has 1 N–H and O–H groups in total. The number of aromatic nitrogens is 4. The molecule has 182 valence electrons. The lowest BCUT2D eigenvalue weighted by Crippen LogP contribution is -2.14. The van der Waals surface area contributed by atoms with E-state index in [4.69, 9.17) is 4.74 Å². The zero-order chi connectivity index (χ0) is 25.1. The molecule has 0 spiro atoms. The number of carbonyl (C=O) groups excluding carboxylic acids is 1. The molecule has 0 atom stereocenters. The van der Waals surface area contributed by atoms with E-state index in [1.54, 1.807) is 13.2 Å². The second-order valence-electron chi connectivity index (χ2n) is 8.24. The fourth-order valence-corrected chi connectivity index (χ4v) is 5.26. The van der Waals surface area contributed by atoms with E-state index < -0.39 is 0 Å². The van der Waals surface area contributed by atoms with Crippen molar-refractivity contribution < 1.29 is 9.53 Å². The number of methoxy groups -OCH3 is 1. The molecule has 0 aliphatic rings. The minimum absolute atomic E-state index is 0.106. The Morgan fingerprint density at radius 2 is 1.81 bits per heavy atom. The number of para-hydroxylation sites is 2. The number of thioether (sulfide) groups is 1. The van der Waals surface area contributed by atoms with Gasteiger partial charge in [-0.05, 0) is 43.3 Å². The molecule has 0 bridgehead atoms. The van der Waals surface area contributed by atoms with Crippen LogP contribution < -0.4 is 10.1 Å². The highest BCUT2D eigenvalue weighted by atomic mass is 32.2. The van der Waals surface area contributed by atoms with E-state index in [9.17, 15) is 4.79 Å². The van der Waals surface area contributed by atoms with Crippen molar-refractivity contribution in [2.24, 2.45) is 0 Å². The molecule has 0 saturated heterocycles. The Morgan fingerprint density at radius 1 is 1.03 bits per heavy atom. The number of benzene rings is 3. The maximum atomic E-state index is 12.9. The summed E-state index contributed by atoms with van der Waals surface area (Å²) in [4.78, 5) is 12.9. The molecule has 0 fully saturated rings. The number of hydrogen-bond acceptors (Lipinski definition) is 5. The molecule has 0 unspecified atom stereocenters. The quantitative estimate of drug-likeness (QED) is 0.200. The van der Waals surface area contributed by atoms with E-state index in [1.165, 1.54) is 22.7 Å². The van der Waals surface area contributed by atoms with Gasteiger partial charge in [0.25, 0.3) is 0 Å². The third-order valence-electron chi connectivity index (χ3n) is 6.08.